The van der Waals surface area contributed by atoms with Crippen LogP contribution in [0.2, 0.25) is 0 Å². The van der Waals surface area contributed by atoms with Gasteiger partial charge < -0.3 is 20.4 Å². The van der Waals surface area contributed by atoms with Gasteiger partial charge in [-0.3, -0.25) is 9.59 Å². The maximum atomic E-state index is 13.0. The number of likely N-dealkylation sites (N-methyl/N-ethyl adjacent to an activating group) is 1. The van der Waals surface area contributed by atoms with E-state index in [9.17, 15) is 22.8 Å². The van der Waals surface area contributed by atoms with Gasteiger partial charge in [-0.05, 0) is 49.3 Å². The number of alkyl halides is 3. The Morgan fingerprint density at radius 1 is 1.06 bits per heavy atom. The van der Waals surface area contributed by atoms with Gasteiger partial charge in [0, 0.05) is 37.4 Å². The van der Waals surface area contributed by atoms with E-state index < -0.39 is 17.8 Å². The Labute approximate surface area is 209 Å². The van der Waals surface area contributed by atoms with Gasteiger partial charge in [0.05, 0.1) is 23.7 Å². The van der Waals surface area contributed by atoms with E-state index in [-0.39, 0.29) is 17.3 Å². The van der Waals surface area contributed by atoms with Crippen LogP contribution in [0.3, 0.4) is 0 Å². The van der Waals surface area contributed by atoms with Gasteiger partial charge in [0.25, 0.3) is 11.8 Å². The summed E-state index contributed by atoms with van der Waals surface area (Å²) in [6.07, 6.45) is -3.04. The number of nitrogens with zero attached hydrogens (tertiary/aromatic N) is 5. The second-order valence-corrected chi connectivity index (χ2v) is 8.91. The van der Waals surface area contributed by atoms with Crippen LogP contribution in [0.15, 0.2) is 36.7 Å². The highest BCUT2D eigenvalue weighted by atomic mass is 32.1. The lowest BCUT2D eigenvalue weighted by Gasteiger charge is -2.34. The molecule has 3 heterocycles. The summed E-state index contributed by atoms with van der Waals surface area (Å²) in [5, 5.41) is 5.89. The van der Waals surface area contributed by atoms with E-state index in [1.165, 1.54) is 0 Å². The number of nitrogens with one attached hydrogen (secondary N) is 2. The predicted octanol–water partition coefficient (Wildman–Crippen LogP) is 4.03. The molecule has 1 aromatic carbocycles. The number of carbonyl (C=O) groups excluding carboxylic acids is 2. The van der Waals surface area contributed by atoms with E-state index in [1.807, 2.05) is 4.90 Å². The SMILES string of the molecule is CCN1CCN(C(=O)c2ccc(NC(=O)c3c(C)nsc3Nc3cnc(C(F)(F)F)cn3)cc2)CC1. The Bertz CT molecular complexity index is 1220. The van der Waals surface area contributed by atoms with E-state index in [2.05, 4.69) is 36.8 Å². The standard InChI is InChI=1S/C23H24F3N7O2S/c1-3-32-8-10-33(11-9-32)22(35)15-4-6-16(7-5-15)29-20(34)19-14(2)31-36-21(19)30-18-13-27-17(12-28-18)23(24,25)26/h4-7,12-13H,3,8-11H2,1-2H3,(H,28,30)(H,29,34). The van der Waals surface area contributed by atoms with Crippen molar-refractivity contribution in [1.29, 1.82) is 0 Å². The minimum Gasteiger partial charge on any atom is -0.336 e. The smallest absolute Gasteiger partial charge is 0.336 e. The van der Waals surface area contributed by atoms with Crippen molar-refractivity contribution < 1.29 is 22.8 Å². The number of hydrogen-bond donors (Lipinski definition) is 2. The molecular weight excluding hydrogens is 495 g/mol. The van der Waals surface area contributed by atoms with Gasteiger partial charge in [-0.25, -0.2) is 9.97 Å². The quantitative estimate of drug-likeness (QED) is 0.507. The van der Waals surface area contributed by atoms with E-state index in [4.69, 9.17) is 0 Å². The average Bonchev–Trinajstić information content (AvgIpc) is 3.23. The maximum Gasteiger partial charge on any atom is 0.434 e. The van der Waals surface area contributed by atoms with Crippen molar-refractivity contribution in [1.82, 2.24) is 24.1 Å². The molecule has 0 spiro atoms. The molecular formula is C23H24F3N7O2S. The van der Waals surface area contributed by atoms with E-state index in [0.717, 1.165) is 37.4 Å². The molecule has 2 amide bonds. The van der Waals surface area contributed by atoms with Gasteiger partial charge in [-0.2, -0.15) is 17.5 Å². The average molecular weight is 520 g/mol. The number of carbonyl (C=O) groups is 2. The molecule has 1 aliphatic heterocycles. The Kier molecular flexibility index (Phi) is 7.50. The van der Waals surface area contributed by atoms with Crippen molar-refractivity contribution >= 4 is 39.9 Å². The normalized spacial score (nSPS) is 14.5. The van der Waals surface area contributed by atoms with Gasteiger partial charge in [-0.15, -0.1) is 0 Å². The number of halogens is 3. The molecule has 190 valence electrons. The Balaban J connectivity index is 1.41. The second-order valence-electron chi connectivity index (χ2n) is 8.14. The number of anilines is 3. The summed E-state index contributed by atoms with van der Waals surface area (Å²) >= 11 is 0.978. The minimum absolute atomic E-state index is 0.0448. The van der Waals surface area contributed by atoms with E-state index >= 15 is 0 Å². The molecule has 36 heavy (non-hydrogen) atoms. The van der Waals surface area contributed by atoms with Crippen LogP contribution in [0.5, 0.6) is 0 Å². The molecule has 0 radical (unpaired) electrons. The summed E-state index contributed by atoms with van der Waals surface area (Å²) in [7, 11) is 0. The molecule has 1 aliphatic rings. The molecule has 2 aromatic heterocycles. The molecule has 13 heteroatoms. The van der Waals surface area contributed by atoms with Gasteiger partial charge in [-0.1, -0.05) is 6.92 Å². The fourth-order valence-corrected chi connectivity index (χ4v) is 4.52. The van der Waals surface area contributed by atoms with Crippen LogP contribution in [-0.2, 0) is 6.18 Å². The lowest BCUT2D eigenvalue weighted by Crippen LogP contribution is -2.48. The third-order valence-electron chi connectivity index (χ3n) is 5.77. The number of benzene rings is 1. The Hall–Kier alpha value is -3.58. The molecule has 3 aromatic rings. The van der Waals surface area contributed by atoms with Crippen LogP contribution in [-0.4, -0.2) is 68.7 Å². The zero-order chi connectivity index (χ0) is 25.9. The third-order valence-corrected chi connectivity index (χ3v) is 6.62. The highest BCUT2D eigenvalue weighted by molar-refractivity contribution is 7.10. The van der Waals surface area contributed by atoms with Crippen LogP contribution in [0.1, 0.15) is 39.0 Å². The topological polar surface area (TPSA) is 103 Å². The Morgan fingerprint density at radius 3 is 2.33 bits per heavy atom. The van der Waals surface area contributed by atoms with Crippen molar-refractivity contribution in [3.63, 3.8) is 0 Å². The maximum absolute atomic E-state index is 13.0. The van der Waals surface area contributed by atoms with Crippen LogP contribution in [0, 0.1) is 6.92 Å². The van der Waals surface area contributed by atoms with Crippen LogP contribution < -0.4 is 10.6 Å². The minimum atomic E-state index is -4.60. The number of aryl methyl sites for hydroxylation is 1. The first-order valence-electron chi connectivity index (χ1n) is 11.2. The van der Waals surface area contributed by atoms with Gasteiger partial charge in [0.2, 0.25) is 0 Å². The highest BCUT2D eigenvalue weighted by Crippen LogP contribution is 2.30. The fraction of sp³-hybridized carbons (Fsp3) is 0.348. The van der Waals surface area contributed by atoms with E-state index in [0.29, 0.717) is 41.2 Å². The molecule has 4 rings (SSSR count). The first-order valence-corrected chi connectivity index (χ1v) is 12.0. The highest BCUT2D eigenvalue weighted by Gasteiger charge is 2.33. The van der Waals surface area contributed by atoms with Gasteiger partial charge >= 0.3 is 6.18 Å². The monoisotopic (exact) mass is 519 g/mol. The summed E-state index contributed by atoms with van der Waals surface area (Å²) in [5.74, 6) is -0.465. The van der Waals surface area contributed by atoms with E-state index in [1.54, 1.807) is 31.2 Å². The molecule has 0 atom stereocenters. The van der Waals surface area contributed by atoms with Crippen LogP contribution in [0.4, 0.5) is 29.7 Å². The first kappa shape index (κ1) is 25.5. The lowest BCUT2D eigenvalue weighted by atomic mass is 10.1. The summed E-state index contributed by atoms with van der Waals surface area (Å²) in [4.78, 5) is 36.9. The number of piperazine rings is 1. The Morgan fingerprint density at radius 2 is 1.75 bits per heavy atom. The zero-order valence-corrected chi connectivity index (χ0v) is 20.4. The number of hydrogen-bond acceptors (Lipinski definition) is 8. The molecule has 1 saturated heterocycles. The van der Waals surface area contributed by atoms with Gasteiger partial charge in [0.15, 0.2) is 5.69 Å². The van der Waals surface area contributed by atoms with Gasteiger partial charge in [0.1, 0.15) is 10.8 Å². The summed E-state index contributed by atoms with van der Waals surface area (Å²) in [6.45, 7) is 7.75. The number of rotatable bonds is 6. The lowest BCUT2D eigenvalue weighted by molar-refractivity contribution is -0.141. The largest absolute Gasteiger partial charge is 0.434 e. The molecule has 0 saturated carbocycles. The predicted molar refractivity (Wildman–Crippen MR) is 130 cm³/mol. The van der Waals surface area contributed by atoms with Crippen molar-refractivity contribution in [2.45, 2.75) is 20.0 Å². The number of aromatic nitrogens is 3. The van der Waals surface area contributed by atoms with Crippen molar-refractivity contribution in [3.05, 3.63) is 59.2 Å². The molecule has 9 nitrogen and oxygen atoms in total. The van der Waals surface area contributed by atoms with Crippen molar-refractivity contribution in [3.8, 4) is 0 Å². The van der Waals surface area contributed by atoms with Crippen LogP contribution >= 0.6 is 11.5 Å². The van der Waals surface area contributed by atoms with Crippen molar-refractivity contribution in [2.75, 3.05) is 43.4 Å². The second kappa shape index (κ2) is 10.6. The molecule has 0 unspecified atom stereocenters. The first-order chi connectivity index (χ1) is 17.2. The molecule has 1 fully saturated rings. The third kappa shape index (κ3) is 5.79. The summed E-state index contributed by atoms with van der Waals surface area (Å²) < 4.78 is 42.3. The summed E-state index contributed by atoms with van der Waals surface area (Å²) in [5.41, 5.74) is 0.581. The fourth-order valence-electron chi connectivity index (χ4n) is 3.72. The number of amides is 2. The zero-order valence-electron chi connectivity index (χ0n) is 19.6. The molecule has 2 N–H and O–H groups in total. The van der Waals surface area contributed by atoms with Crippen molar-refractivity contribution in [2.24, 2.45) is 0 Å². The summed E-state index contributed by atoms with van der Waals surface area (Å²) in [6, 6.07) is 6.63. The molecule has 0 bridgehead atoms. The molecule has 0 aliphatic carbocycles. The van der Waals surface area contributed by atoms with Crippen LogP contribution in [0.25, 0.3) is 0 Å².